The molecule has 0 saturated carbocycles. The Balaban J connectivity index is 1.65. The summed E-state index contributed by atoms with van der Waals surface area (Å²) in [5.41, 5.74) is 5.78. The molecule has 3 aromatic rings. The van der Waals surface area contributed by atoms with Gasteiger partial charge in [0.15, 0.2) is 0 Å². The van der Waals surface area contributed by atoms with Crippen molar-refractivity contribution in [3.63, 3.8) is 0 Å². The van der Waals surface area contributed by atoms with Crippen molar-refractivity contribution >= 4 is 11.6 Å². The van der Waals surface area contributed by atoms with Crippen molar-refractivity contribution in [3.8, 4) is 5.75 Å². The summed E-state index contributed by atoms with van der Waals surface area (Å²) >= 11 is 0. The van der Waals surface area contributed by atoms with E-state index in [0.717, 1.165) is 28.1 Å². The van der Waals surface area contributed by atoms with Gasteiger partial charge in [-0.25, -0.2) is 0 Å². The van der Waals surface area contributed by atoms with Gasteiger partial charge >= 0.3 is 0 Å². The Morgan fingerprint density at radius 1 is 1.08 bits per heavy atom. The summed E-state index contributed by atoms with van der Waals surface area (Å²) in [6, 6.07) is 13.0. The smallest absolute Gasteiger partial charge is 0.255 e. The lowest BCUT2D eigenvalue weighted by Gasteiger charge is -2.11. The van der Waals surface area contributed by atoms with Crippen LogP contribution in [0.2, 0.25) is 0 Å². The van der Waals surface area contributed by atoms with E-state index in [4.69, 9.17) is 4.74 Å². The van der Waals surface area contributed by atoms with Crippen LogP contribution < -0.4 is 10.1 Å². The Hall–Kier alpha value is -3.08. The van der Waals surface area contributed by atoms with E-state index in [1.165, 1.54) is 0 Å². The fourth-order valence-corrected chi connectivity index (χ4v) is 2.72. The van der Waals surface area contributed by atoms with Crippen molar-refractivity contribution in [2.75, 3.05) is 5.32 Å². The molecule has 1 N–H and O–H groups in total. The van der Waals surface area contributed by atoms with Gasteiger partial charge in [-0.2, -0.15) is 5.10 Å². The van der Waals surface area contributed by atoms with Crippen LogP contribution in [0.4, 0.5) is 5.69 Å². The van der Waals surface area contributed by atoms with Crippen LogP contribution in [0.15, 0.2) is 48.7 Å². The van der Waals surface area contributed by atoms with Gasteiger partial charge in [0.25, 0.3) is 5.91 Å². The predicted octanol–water partition coefficient (Wildman–Crippen LogP) is 4.18. The first-order valence-electron chi connectivity index (χ1n) is 8.53. The highest BCUT2D eigenvalue weighted by molar-refractivity contribution is 6.04. The summed E-state index contributed by atoms with van der Waals surface area (Å²) in [6.07, 6.45) is 1.82. The first kappa shape index (κ1) is 17.7. The number of ether oxygens (including phenoxy) is 1. The summed E-state index contributed by atoms with van der Waals surface area (Å²) in [7, 11) is 1.90. The summed E-state index contributed by atoms with van der Waals surface area (Å²) in [5.74, 6) is 0.585. The van der Waals surface area contributed by atoms with Crippen LogP contribution in [0.5, 0.6) is 5.75 Å². The number of anilines is 1. The first-order chi connectivity index (χ1) is 12.5. The van der Waals surface area contributed by atoms with Crippen molar-refractivity contribution in [2.24, 2.45) is 7.05 Å². The zero-order valence-corrected chi connectivity index (χ0v) is 15.5. The quantitative estimate of drug-likeness (QED) is 0.752. The molecule has 1 heterocycles. The second-order valence-corrected chi connectivity index (χ2v) is 6.41. The number of carbonyl (C=O) groups excluding carboxylic acids is 1. The van der Waals surface area contributed by atoms with Crippen LogP contribution in [-0.4, -0.2) is 15.7 Å². The van der Waals surface area contributed by atoms with E-state index in [2.05, 4.69) is 10.4 Å². The third-order valence-corrected chi connectivity index (χ3v) is 4.62. The molecule has 3 rings (SSSR count). The van der Waals surface area contributed by atoms with E-state index in [0.29, 0.717) is 17.9 Å². The summed E-state index contributed by atoms with van der Waals surface area (Å²) in [4.78, 5) is 12.5. The summed E-state index contributed by atoms with van der Waals surface area (Å²) in [6.45, 7) is 6.48. The number of aryl methyl sites for hydroxylation is 3. The molecule has 0 spiro atoms. The minimum Gasteiger partial charge on any atom is -0.487 e. The van der Waals surface area contributed by atoms with E-state index in [-0.39, 0.29) is 5.91 Å². The number of aromatic nitrogens is 2. The maximum Gasteiger partial charge on any atom is 0.255 e. The number of amides is 1. The predicted molar refractivity (Wildman–Crippen MR) is 103 cm³/mol. The van der Waals surface area contributed by atoms with Gasteiger partial charge in [0.1, 0.15) is 12.4 Å². The molecule has 0 saturated heterocycles. The van der Waals surface area contributed by atoms with Gasteiger partial charge in [-0.1, -0.05) is 12.1 Å². The topological polar surface area (TPSA) is 56.1 Å². The number of nitrogens with one attached hydrogen (secondary N) is 1. The zero-order chi connectivity index (χ0) is 18.7. The van der Waals surface area contributed by atoms with Crippen LogP contribution in [0, 0.1) is 20.8 Å². The van der Waals surface area contributed by atoms with Crippen LogP contribution in [-0.2, 0) is 13.7 Å². The molecule has 0 bridgehead atoms. The molecule has 0 aliphatic rings. The zero-order valence-electron chi connectivity index (χ0n) is 15.5. The highest BCUT2D eigenvalue weighted by Crippen LogP contribution is 2.20. The lowest BCUT2D eigenvalue weighted by atomic mass is 10.1. The Bertz CT molecular complexity index is 907. The molecule has 1 aromatic heterocycles. The molecule has 0 unspecified atom stereocenters. The monoisotopic (exact) mass is 349 g/mol. The van der Waals surface area contributed by atoms with Crippen molar-refractivity contribution in [1.82, 2.24) is 9.78 Å². The Morgan fingerprint density at radius 2 is 1.81 bits per heavy atom. The minimum atomic E-state index is -0.132. The molecule has 1 amide bonds. The van der Waals surface area contributed by atoms with Crippen LogP contribution in [0.1, 0.15) is 32.7 Å². The standard InChI is InChI=1S/C21H23N3O2/c1-14-6-5-7-19(16(14)3)23-21(25)17-8-10-18(11-9-17)26-13-20-15(2)12-22-24(20)4/h5-12H,13H2,1-4H3,(H,23,25). The number of hydrogen-bond acceptors (Lipinski definition) is 3. The van der Waals surface area contributed by atoms with Crippen LogP contribution >= 0.6 is 0 Å². The van der Waals surface area contributed by atoms with Crippen molar-refractivity contribution in [2.45, 2.75) is 27.4 Å². The second-order valence-electron chi connectivity index (χ2n) is 6.41. The molecule has 5 heteroatoms. The fourth-order valence-electron chi connectivity index (χ4n) is 2.72. The highest BCUT2D eigenvalue weighted by Gasteiger charge is 2.10. The lowest BCUT2D eigenvalue weighted by Crippen LogP contribution is -2.13. The van der Waals surface area contributed by atoms with Gasteiger partial charge in [-0.05, 0) is 67.8 Å². The molecule has 2 aromatic carbocycles. The normalized spacial score (nSPS) is 10.6. The molecular formula is C21H23N3O2. The maximum absolute atomic E-state index is 12.5. The largest absolute Gasteiger partial charge is 0.487 e. The van der Waals surface area contributed by atoms with Gasteiger partial charge in [-0.3, -0.25) is 9.48 Å². The fraction of sp³-hybridized carbons (Fsp3) is 0.238. The molecule has 134 valence electrons. The van der Waals surface area contributed by atoms with Gasteiger partial charge in [0.2, 0.25) is 0 Å². The molecule has 26 heavy (non-hydrogen) atoms. The Morgan fingerprint density at radius 3 is 2.46 bits per heavy atom. The summed E-state index contributed by atoms with van der Waals surface area (Å²) < 4.78 is 7.61. The van der Waals surface area contributed by atoms with Gasteiger partial charge in [0, 0.05) is 18.3 Å². The van der Waals surface area contributed by atoms with Crippen molar-refractivity contribution < 1.29 is 9.53 Å². The number of hydrogen-bond donors (Lipinski definition) is 1. The molecule has 0 fully saturated rings. The molecule has 0 aliphatic heterocycles. The average molecular weight is 349 g/mol. The third kappa shape index (κ3) is 3.77. The van der Waals surface area contributed by atoms with Crippen molar-refractivity contribution in [3.05, 3.63) is 76.6 Å². The van der Waals surface area contributed by atoms with Gasteiger partial charge < -0.3 is 10.1 Å². The van der Waals surface area contributed by atoms with E-state index < -0.39 is 0 Å². The molecule has 0 radical (unpaired) electrons. The number of rotatable bonds is 5. The first-order valence-corrected chi connectivity index (χ1v) is 8.53. The van der Waals surface area contributed by atoms with Crippen molar-refractivity contribution in [1.29, 1.82) is 0 Å². The Kier molecular flexibility index (Phi) is 5.07. The lowest BCUT2D eigenvalue weighted by molar-refractivity contribution is 0.102. The van der Waals surface area contributed by atoms with E-state index in [1.54, 1.807) is 16.8 Å². The van der Waals surface area contributed by atoms with E-state index in [1.807, 2.05) is 64.3 Å². The maximum atomic E-state index is 12.5. The molecular weight excluding hydrogens is 326 g/mol. The van der Waals surface area contributed by atoms with Gasteiger partial charge in [0.05, 0.1) is 11.9 Å². The third-order valence-electron chi connectivity index (χ3n) is 4.62. The van der Waals surface area contributed by atoms with Crippen LogP contribution in [0.25, 0.3) is 0 Å². The van der Waals surface area contributed by atoms with Gasteiger partial charge in [-0.15, -0.1) is 0 Å². The SMILES string of the molecule is Cc1cccc(NC(=O)c2ccc(OCc3c(C)cnn3C)cc2)c1C. The number of carbonyl (C=O) groups is 1. The second kappa shape index (κ2) is 7.44. The highest BCUT2D eigenvalue weighted by atomic mass is 16.5. The van der Waals surface area contributed by atoms with E-state index >= 15 is 0 Å². The summed E-state index contributed by atoms with van der Waals surface area (Å²) in [5, 5.41) is 7.17. The number of benzene rings is 2. The minimum absolute atomic E-state index is 0.132. The number of nitrogens with zero attached hydrogens (tertiary/aromatic N) is 2. The molecule has 0 atom stereocenters. The molecule has 0 aliphatic carbocycles. The Labute approximate surface area is 153 Å². The molecule has 5 nitrogen and oxygen atoms in total. The van der Waals surface area contributed by atoms with E-state index in [9.17, 15) is 4.79 Å². The van der Waals surface area contributed by atoms with Crippen LogP contribution in [0.3, 0.4) is 0 Å². The average Bonchev–Trinajstić information content (AvgIpc) is 2.95.